The van der Waals surface area contributed by atoms with Gasteiger partial charge in [-0.05, 0) is 37.1 Å². The number of aryl methyl sites for hydroxylation is 1. The van der Waals surface area contributed by atoms with Crippen LogP contribution in [0, 0.1) is 12.7 Å². The van der Waals surface area contributed by atoms with Crippen molar-refractivity contribution < 1.29 is 14.0 Å². The van der Waals surface area contributed by atoms with Gasteiger partial charge in [-0.2, -0.15) is 0 Å². The molecule has 0 heterocycles. The van der Waals surface area contributed by atoms with E-state index in [-0.39, 0.29) is 17.6 Å². The Labute approximate surface area is 147 Å². The third-order valence-corrected chi connectivity index (χ3v) is 4.00. The van der Waals surface area contributed by atoms with Crippen LogP contribution in [0.2, 0.25) is 0 Å². The van der Waals surface area contributed by atoms with Crippen molar-refractivity contribution in [1.82, 2.24) is 10.2 Å². The lowest BCUT2D eigenvalue weighted by atomic mass is 10.1. The van der Waals surface area contributed by atoms with Crippen LogP contribution >= 0.6 is 0 Å². The predicted octanol–water partition coefficient (Wildman–Crippen LogP) is 2.96. The Morgan fingerprint density at radius 2 is 1.84 bits per heavy atom. The van der Waals surface area contributed by atoms with Gasteiger partial charge >= 0.3 is 0 Å². The second-order valence-electron chi connectivity index (χ2n) is 5.97. The maximum Gasteiger partial charge on any atom is 0.251 e. The van der Waals surface area contributed by atoms with Crippen molar-refractivity contribution >= 4 is 11.8 Å². The molecule has 0 radical (unpaired) electrons. The van der Waals surface area contributed by atoms with Gasteiger partial charge in [-0.3, -0.25) is 9.59 Å². The standard InChI is InChI=1S/C20H23FN2O2/c1-15-6-5-8-18(14-15)20(25)22-11-13-23(16(2)24)12-10-17-7-3-4-9-19(17)21/h3-9,14H,10-13H2,1-2H3,(H,22,25). The van der Waals surface area contributed by atoms with Crippen molar-refractivity contribution in [2.45, 2.75) is 20.3 Å². The van der Waals surface area contributed by atoms with Crippen LogP contribution in [0.3, 0.4) is 0 Å². The minimum Gasteiger partial charge on any atom is -0.350 e. The van der Waals surface area contributed by atoms with Gasteiger partial charge in [-0.1, -0.05) is 35.9 Å². The summed E-state index contributed by atoms with van der Waals surface area (Å²) < 4.78 is 13.7. The molecule has 2 aromatic carbocycles. The number of hydrogen-bond acceptors (Lipinski definition) is 2. The van der Waals surface area contributed by atoms with Gasteiger partial charge < -0.3 is 10.2 Å². The first-order valence-corrected chi connectivity index (χ1v) is 8.31. The van der Waals surface area contributed by atoms with E-state index in [2.05, 4.69) is 5.32 Å². The van der Waals surface area contributed by atoms with Crippen LogP contribution in [0.4, 0.5) is 4.39 Å². The van der Waals surface area contributed by atoms with E-state index < -0.39 is 0 Å². The predicted molar refractivity (Wildman–Crippen MR) is 95.9 cm³/mol. The molecule has 0 aliphatic heterocycles. The average Bonchev–Trinajstić information content (AvgIpc) is 2.58. The topological polar surface area (TPSA) is 49.4 Å². The highest BCUT2D eigenvalue weighted by atomic mass is 19.1. The van der Waals surface area contributed by atoms with Gasteiger partial charge in [-0.15, -0.1) is 0 Å². The van der Waals surface area contributed by atoms with Gasteiger partial charge in [0.1, 0.15) is 5.82 Å². The number of nitrogens with zero attached hydrogens (tertiary/aromatic N) is 1. The number of halogens is 1. The quantitative estimate of drug-likeness (QED) is 0.841. The molecule has 4 nitrogen and oxygen atoms in total. The van der Waals surface area contributed by atoms with Crippen LogP contribution in [-0.4, -0.2) is 36.3 Å². The number of rotatable bonds is 7. The molecule has 0 aromatic heterocycles. The second-order valence-corrected chi connectivity index (χ2v) is 5.97. The summed E-state index contributed by atoms with van der Waals surface area (Å²) in [5, 5.41) is 2.81. The molecule has 132 valence electrons. The van der Waals surface area contributed by atoms with Crippen molar-refractivity contribution in [3.63, 3.8) is 0 Å². The summed E-state index contributed by atoms with van der Waals surface area (Å²) in [5.74, 6) is -0.527. The lowest BCUT2D eigenvalue weighted by Gasteiger charge is -2.21. The first kappa shape index (κ1) is 18.6. The maximum atomic E-state index is 13.7. The molecule has 0 atom stereocenters. The molecule has 0 aliphatic carbocycles. The number of carbonyl (C=O) groups is 2. The molecular formula is C20H23FN2O2. The first-order valence-electron chi connectivity index (χ1n) is 8.31. The largest absolute Gasteiger partial charge is 0.350 e. The molecule has 5 heteroatoms. The fourth-order valence-corrected chi connectivity index (χ4v) is 2.58. The highest BCUT2D eigenvalue weighted by molar-refractivity contribution is 5.94. The fraction of sp³-hybridized carbons (Fsp3) is 0.300. The normalized spacial score (nSPS) is 10.4. The SMILES string of the molecule is CC(=O)N(CCNC(=O)c1cccc(C)c1)CCc1ccccc1F. The molecule has 0 fully saturated rings. The number of amides is 2. The zero-order valence-electron chi connectivity index (χ0n) is 14.6. The molecule has 25 heavy (non-hydrogen) atoms. The van der Waals surface area contributed by atoms with Gasteiger partial charge in [0.05, 0.1) is 0 Å². The summed E-state index contributed by atoms with van der Waals surface area (Å²) in [6.07, 6.45) is 0.443. The van der Waals surface area contributed by atoms with Crippen LogP contribution in [0.5, 0.6) is 0 Å². The third-order valence-electron chi connectivity index (χ3n) is 4.00. The second kappa shape index (κ2) is 8.97. The molecule has 0 bridgehead atoms. The first-order chi connectivity index (χ1) is 12.0. The molecule has 0 saturated carbocycles. The summed E-state index contributed by atoms with van der Waals surface area (Å²) in [6.45, 7) is 4.56. The Bertz CT molecular complexity index is 746. The lowest BCUT2D eigenvalue weighted by molar-refractivity contribution is -0.128. The van der Waals surface area contributed by atoms with E-state index >= 15 is 0 Å². The van der Waals surface area contributed by atoms with Crippen molar-refractivity contribution in [3.8, 4) is 0 Å². The van der Waals surface area contributed by atoms with Crippen LogP contribution in [0.1, 0.15) is 28.4 Å². The highest BCUT2D eigenvalue weighted by Gasteiger charge is 2.11. The monoisotopic (exact) mass is 342 g/mol. The summed E-state index contributed by atoms with van der Waals surface area (Å²) in [4.78, 5) is 25.5. The van der Waals surface area contributed by atoms with E-state index in [1.54, 1.807) is 29.2 Å². The molecule has 0 saturated heterocycles. The summed E-state index contributed by atoms with van der Waals surface area (Å²) in [5.41, 5.74) is 2.20. The van der Waals surface area contributed by atoms with Gasteiger partial charge in [0, 0.05) is 32.1 Å². The van der Waals surface area contributed by atoms with Gasteiger partial charge in [0.2, 0.25) is 5.91 Å². The fourth-order valence-electron chi connectivity index (χ4n) is 2.58. The van der Waals surface area contributed by atoms with Crippen LogP contribution in [0.25, 0.3) is 0 Å². The zero-order valence-corrected chi connectivity index (χ0v) is 14.6. The van der Waals surface area contributed by atoms with E-state index in [1.807, 2.05) is 25.1 Å². The Morgan fingerprint density at radius 1 is 1.08 bits per heavy atom. The van der Waals surface area contributed by atoms with E-state index in [0.717, 1.165) is 5.56 Å². The van der Waals surface area contributed by atoms with Crippen molar-refractivity contribution in [3.05, 3.63) is 71.0 Å². The number of carbonyl (C=O) groups excluding carboxylic acids is 2. The van der Waals surface area contributed by atoms with Crippen molar-refractivity contribution in [2.24, 2.45) is 0 Å². The Balaban J connectivity index is 1.84. The maximum absolute atomic E-state index is 13.7. The molecule has 2 aromatic rings. The average molecular weight is 342 g/mol. The summed E-state index contributed by atoms with van der Waals surface area (Å²) >= 11 is 0. The van der Waals surface area contributed by atoms with Gasteiger partial charge in [0.15, 0.2) is 0 Å². The molecule has 2 amide bonds. The smallest absolute Gasteiger partial charge is 0.251 e. The molecule has 2 rings (SSSR count). The minimum absolute atomic E-state index is 0.0962. The number of benzene rings is 2. The Kier molecular flexibility index (Phi) is 6.69. The van der Waals surface area contributed by atoms with Crippen molar-refractivity contribution in [2.75, 3.05) is 19.6 Å². The molecule has 1 N–H and O–H groups in total. The van der Waals surface area contributed by atoms with Crippen LogP contribution in [-0.2, 0) is 11.2 Å². The Hall–Kier alpha value is -2.69. The lowest BCUT2D eigenvalue weighted by Crippen LogP contribution is -2.38. The van der Waals surface area contributed by atoms with Crippen molar-refractivity contribution in [1.29, 1.82) is 0 Å². The van der Waals surface area contributed by atoms with Gasteiger partial charge in [0.25, 0.3) is 5.91 Å². The summed E-state index contributed by atoms with van der Waals surface area (Å²) in [6, 6.07) is 13.9. The Morgan fingerprint density at radius 3 is 2.52 bits per heavy atom. The minimum atomic E-state index is -0.265. The third kappa shape index (κ3) is 5.71. The molecule has 0 aliphatic rings. The molecule has 0 spiro atoms. The van der Waals surface area contributed by atoms with Crippen LogP contribution < -0.4 is 5.32 Å². The van der Waals surface area contributed by atoms with E-state index in [1.165, 1.54) is 13.0 Å². The highest BCUT2D eigenvalue weighted by Crippen LogP contribution is 2.08. The van der Waals surface area contributed by atoms with E-state index in [4.69, 9.17) is 0 Å². The summed E-state index contributed by atoms with van der Waals surface area (Å²) in [7, 11) is 0. The molecular weight excluding hydrogens is 319 g/mol. The van der Waals surface area contributed by atoms with Crippen LogP contribution in [0.15, 0.2) is 48.5 Å². The van der Waals surface area contributed by atoms with E-state index in [0.29, 0.717) is 37.2 Å². The number of hydrogen-bond donors (Lipinski definition) is 1. The number of nitrogens with one attached hydrogen (secondary N) is 1. The molecule has 0 unspecified atom stereocenters. The zero-order chi connectivity index (χ0) is 18.2. The van der Waals surface area contributed by atoms with Gasteiger partial charge in [-0.25, -0.2) is 4.39 Å². The van der Waals surface area contributed by atoms with E-state index in [9.17, 15) is 14.0 Å².